The number of carbonyl (C=O) groups excluding carboxylic acids is 3. The van der Waals surface area contributed by atoms with Crippen LogP contribution in [0.1, 0.15) is 85.0 Å². The largest absolute Gasteiger partial charge is 0.493 e. The number of aromatic nitrogens is 1. The number of hydrogen-bond acceptors (Lipinski definition) is 10. The van der Waals surface area contributed by atoms with Gasteiger partial charge in [0.15, 0.2) is 11.5 Å². The second kappa shape index (κ2) is 14.0. The van der Waals surface area contributed by atoms with E-state index in [2.05, 4.69) is 9.71 Å². The standard InChI is InChI=1S/C36H47ClN4O8S/c1-21(2)48-30-17-29(24-12-13-25(37)32(47-4)31(24)39-30)49-23-16-27-28(42)19-36(34(44)40-50(45,46)35(3)14-15-35)18-22(36)10-8-6-5-7-9-11-26(38)33(43)41(27)20-23/h8,10,12-13,17,21-23,26-27H,5-7,9,11,14-16,18-20,38H2,1-4H3,(H,40,44)/b10-8-/t22-,23+,26-,27-,36+/m0/s1. The maximum Gasteiger partial charge on any atom is 0.240 e. The molecule has 2 aliphatic carbocycles. The van der Waals surface area contributed by atoms with Gasteiger partial charge in [0.25, 0.3) is 0 Å². The lowest BCUT2D eigenvalue weighted by Gasteiger charge is -2.27. The average molecular weight is 731 g/mol. The highest BCUT2D eigenvalue weighted by Gasteiger charge is 2.62. The van der Waals surface area contributed by atoms with E-state index in [1.807, 2.05) is 26.0 Å². The molecule has 5 atom stereocenters. The van der Waals surface area contributed by atoms with Gasteiger partial charge in [0.05, 0.1) is 47.0 Å². The number of allylic oxidation sites excluding steroid dienone is 2. The van der Waals surface area contributed by atoms with Crippen LogP contribution in [0.4, 0.5) is 0 Å². The van der Waals surface area contributed by atoms with Crippen LogP contribution in [0.25, 0.3) is 10.9 Å². The van der Waals surface area contributed by atoms with E-state index in [4.69, 9.17) is 31.5 Å². The molecule has 3 heterocycles. The Morgan fingerprint density at radius 1 is 1.18 bits per heavy atom. The van der Waals surface area contributed by atoms with Crippen LogP contribution in [0.15, 0.2) is 30.4 Å². The summed E-state index contributed by atoms with van der Waals surface area (Å²) in [6.07, 6.45) is 8.15. The van der Waals surface area contributed by atoms with Crippen molar-refractivity contribution in [1.29, 1.82) is 0 Å². The van der Waals surface area contributed by atoms with Crippen molar-refractivity contribution < 1.29 is 37.0 Å². The number of sulfonamides is 1. The molecule has 0 bridgehead atoms. The summed E-state index contributed by atoms with van der Waals surface area (Å²) in [5.41, 5.74) is 5.65. The van der Waals surface area contributed by atoms with Crippen molar-refractivity contribution in [2.75, 3.05) is 13.7 Å². The molecule has 0 unspecified atom stereocenters. The van der Waals surface area contributed by atoms with E-state index >= 15 is 0 Å². The van der Waals surface area contributed by atoms with Crippen LogP contribution in [0, 0.1) is 11.3 Å². The topological polar surface area (TPSA) is 167 Å². The minimum absolute atomic E-state index is 0.0904. The number of methoxy groups -OCH3 is 1. The first kappa shape index (κ1) is 36.4. The number of rotatable bonds is 8. The highest BCUT2D eigenvalue weighted by Crippen LogP contribution is 2.57. The van der Waals surface area contributed by atoms with E-state index in [0.29, 0.717) is 59.0 Å². The van der Waals surface area contributed by atoms with Gasteiger partial charge in [-0.25, -0.2) is 13.4 Å². The Kier molecular flexibility index (Phi) is 10.1. The third kappa shape index (κ3) is 7.18. The van der Waals surface area contributed by atoms with Crippen LogP contribution in [-0.2, 0) is 24.4 Å². The third-order valence-corrected chi connectivity index (χ3v) is 13.0. The number of nitrogens with two attached hydrogens (primary N) is 1. The minimum Gasteiger partial charge on any atom is -0.493 e. The normalized spacial score (nSPS) is 29.0. The molecule has 1 aromatic carbocycles. The zero-order valence-corrected chi connectivity index (χ0v) is 30.6. The van der Waals surface area contributed by atoms with Crippen molar-refractivity contribution in [2.45, 2.75) is 114 Å². The Morgan fingerprint density at radius 3 is 2.64 bits per heavy atom. The molecule has 1 aromatic heterocycles. The summed E-state index contributed by atoms with van der Waals surface area (Å²) in [4.78, 5) is 48.1. The molecule has 1 saturated heterocycles. The van der Waals surface area contributed by atoms with Crippen LogP contribution in [0.5, 0.6) is 17.4 Å². The Bertz CT molecular complexity index is 1810. The molecule has 0 radical (unpaired) electrons. The van der Waals surface area contributed by atoms with Crippen molar-refractivity contribution >= 4 is 50.1 Å². The fraction of sp³-hybridized carbons (Fsp3) is 0.611. The summed E-state index contributed by atoms with van der Waals surface area (Å²) in [5.74, 6) is -0.567. The summed E-state index contributed by atoms with van der Waals surface area (Å²) in [7, 11) is -2.42. The number of benzene rings is 1. The number of amides is 2. The highest BCUT2D eigenvalue weighted by molar-refractivity contribution is 7.91. The second-order valence-corrected chi connectivity index (χ2v) is 17.4. The van der Waals surface area contributed by atoms with Gasteiger partial charge in [-0.15, -0.1) is 0 Å². The van der Waals surface area contributed by atoms with Crippen LogP contribution in [0.2, 0.25) is 5.02 Å². The number of nitrogens with one attached hydrogen (secondary N) is 1. The smallest absolute Gasteiger partial charge is 0.240 e. The summed E-state index contributed by atoms with van der Waals surface area (Å²) < 4.78 is 45.5. The van der Waals surface area contributed by atoms with Crippen molar-refractivity contribution in [3.05, 3.63) is 35.4 Å². The number of ketones is 1. The number of Topliss-reactive ketones (excluding diaryl/α,β-unsaturated/α-hetero) is 1. The molecule has 2 amide bonds. The van der Waals surface area contributed by atoms with Gasteiger partial charge in [0.2, 0.25) is 27.7 Å². The molecule has 2 saturated carbocycles. The summed E-state index contributed by atoms with van der Waals surface area (Å²) in [6.45, 7) is 5.46. The lowest BCUT2D eigenvalue weighted by Crippen LogP contribution is -2.50. The number of carbonyl (C=O) groups is 3. The first-order chi connectivity index (χ1) is 23.7. The van der Waals surface area contributed by atoms with Crippen LogP contribution in [0.3, 0.4) is 0 Å². The molecule has 50 heavy (non-hydrogen) atoms. The Labute approximate surface area is 298 Å². The fourth-order valence-corrected chi connectivity index (χ4v) is 8.71. The molecular weight excluding hydrogens is 684 g/mol. The predicted octanol–water partition coefficient (Wildman–Crippen LogP) is 4.84. The van der Waals surface area contributed by atoms with E-state index in [-0.39, 0.29) is 43.1 Å². The molecule has 272 valence electrons. The molecule has 3 fully saturated rings. The third-order valence-electron chi connectivity index (χ3n) is 10.6. The average Bonchev–Trinajstić information content (AvgIpc) is 3.93. The number of ether oxygens (including phenoxy) is 3. The van der Waals surface area contributed by atoms with Crippen LogP contribution in [-0.4, -0.2) is 78.6 Å². The van der Waals surface area contributed by atoms with E-state index < -0.39 is 44.3 Å². The Balaban J connectivity index is 1.31. The monoisotopic (exact) mass is 730 g/mol. The maximum atomic E-state index is 14.3. The van der Waals surface area contributed by atoms with Gasteiger partial charge in [0.1, 0.15) is 17.4 Å². The number of hydrogen-bond donors (Lipinski definition) is 2. The van der Waals surface area contributed by atoms with E-state index in [9.17, 15) is 22.8 Å². The number of fused-ring (bicyclic) bond motifs is 3. The molecule has 2 aromatic rings. The molecule has 14 heteroatoms. The van der Waals surface area contributed by atoms with E-state index in [1.54, 1.807) is 25.1 Å². The van der Waals surface area contributed by atoms with Crippen molar-refractivity contribution in [3.8, 4) is 17.4 Å². The van der Waals surface area contributed by atoms with Crippen molar-refractivity contribution in [2.24, 2.45) is 17.1 Å². The quantitative estimate of drug-likeness (QED) is 0.359. The molecule has 0 spiro atoms. The molecule has 12 nitrogen and oxygen atoms in total. The SMILES string of the molecule is COc1c(Cl)ccc2c(O[C@@H]3C[C@H]4C(=O)C[C@]5(C(=O)NS(=O)(=O)C6(C)CC6)C[C@@H]5/C=C\CCCCC[C@H](N)C(=O)N4C3)cc(OC(C)C)nc12. The number of pyridine rings is 1. The molecule has 2 aliphatic heterocycles. The molecule has 4 aliphatic rings. The number of halogens is 1. The van der Waals surface area contributed by atoms with Gasteiger partial charge < -0.3 is 24.8 Å². The lowest BCUT2D eigenvalue weighted by atomic mass is 9.91. The minimum atomic E-state index is -3.91. The number of nitrogens with zero attached hydrogens (tertiary/aromatic N) is 2. The van der Waals surface area contributed by atoms with E-state index in [0.717, 1.165) is 25.7 Å². The van der Waals surface area contributed by atoms with Crippen LogP contribution < -0.4 is 24.7 Å². The molecular formula is C36H47ClN4O8S. The van der Waals surface area contributed by atoms with Gasteiger partial charge in [-0.2, -0.15) is 0 Å². The first-order valence-corrected chi connectivity index (χ1v) is 19.4. The van der Waals surface area contributed by atoms with Gasteiger partial charge in [0, 0.05) is 24.3 Å². The molecule has 3 N–H and O–H groups in total. The van der Waals surface area contributed by atoms with Gasteiger partial charge >= 0.3 is 0 Å². The summed E-state index contributed by atoms with van der Waals surface area (Å²) >= 11 is 6.43. The zero-order valence-electron chi connectivity index (χ0n) is 29.1. The Hall–Kier alpha value is -3.42. The van der Waals surface area contributed by atoms with E-state index in [1.165, 1.54) is 12.0 Å². The predicted molar refractivity (Wildman–Crippen MR) is 189 cm³/mol. The van der Waals surface area contributed by atoms with Gasteiger partial charge in [-0.05, 0) is 77.3 Å². The second-order valence-electron chi connectivity index (χ2n) is 14.8. The lowest BCUT2D eigenvalue weighted by molar-refractivity contribution is -0.140. The summed E-state index contributed by atoms with van der Waals surface area (Å²) in [6, 6.07) is 3.39. The van der Waals surface area contributed by atoms with Gasteiger partial charge in [-0.1, -0.05) is 36.6 Å². The fourth-order valence-electron chi connectivity index (χ4n) is 7.14. The molecule has 6 rings (SSSR count). The summed E-state index contributed by atoms with van der Waals surface area (Å²) in [5, 5.41) is 0.970. The Morgan fingerprint density at radius 2 is 1.94 bits per heavy atom. The van der Waals surface area contributed by atoms with Crippen LogP contribution >= 0.6 is 11.6 Å². The van der Waals surface area contributed by atoms with Crippen molar-refractivity contribution in [1.82, 2.24) is 14.6 Å². The van der Waals surface area contributed by atoms with Crippen molar-refractivity contribution in [3.63, 3.8) is 0 Å². The van der Waals surface area contributed by atoms with Gasteiger partial charge in [-0.3, -0.25) is 19.1 Å². The zero-order chi connectivity index (χ0) is 36.0. The highest BCUT2D eigenvalue weighted by atomic mass is 35.5. The first-order valence-electron chi connectivity index (χ1n) is 17.5. The maximum absolute atomic E-state index is 14.3.